The van der Waals surface area contributed by atoms with Crippen molar-refractivity contribution in [3.05, 3.63) is 23.8 Å². The number of benzene rings is 1. The predicted molar refractivity (Wildman–Crippen MR) is 98.0 cm³/mol. The molecule has 1 saturated carbocycles. The Bertz CT molecular complexity index is 599. The number of rotatable bonds is 6. The Morgan fingerprint density at radius 2 is 1.96 bits per heavy atom. The number of carbonyl (C=O) groups is 1. The number of amides is 1. The molecule has 2 fully saturated rings. The van der Waals surface area contributed by atoms with Crippen molar-refractivity contribution < 1.29 is 14.3 Å². The molecule has 0 radical (unpaired) electrons. The van der Waals surface area contributed by atoms with E-state index < -0.39 is 0 Å². The summed E-state index contributed by atoms with van der Waals surface area (Å²) in [5, 5.41) is 3.67. The van der Waals surface area contributed by atoms with Gasteiger partial charge in [-0.3, -0.25) is 4.79 Å². The largest absolute Gasteiger partial charge is 0.497 e. The van der Waals surface area contributed by atoms with Gasteiger partial charge in [0, 0.05) is 42.7 Å². The number of carbonyl (C=O) groups excluding carboxylic acids is 1. The SMILES string of the molecule is COc1ccc([C@H](C)N[C@H]2CCN(C(=O)C3CCCC3)C2)c(OC)c1. The molecular weight excluding hydrogens is 316 g/mol. The summed E-state index contributed by atoms with van der Waals surface area (Å²) in [6.07, 6.45) is 5.58. The van der Waals surface area contributed by atoms with Crippen molar-refractivity contribution in [2.75, 3.05) is 27.3 Å². The third-order valence-electron chi connectivity index (χ3n) is 5.60. The number of methoxy groups -OCH3 is 2. The summed E-state index contributed by atoms with van der Waals surface area (Å²) in [5.74, 6) is 2.27. The van der Waals surface area contributed by atoms with Crippen LogP contribution in [0.4, 0.5) is 0 Å². The molecule has 1 aliphatic carbocycles. The molecule has 1 saturated heterocycles. The van der Waals surface area contributed by atoms with Gasteiger partial charge in [0.05, 0.1) is 14.2 Å². The number of hydrogen-bond donors (Lipinski definition) is 1. The quantitative estimate of drug-likeness (QED) is 0.860. The van der Waals surface area contributed by atoms with E-state index in [0.29, 0.717) is 11.9 Å². The Kier molecular flexibility index (Phi) is 5.84. The Morgan fingerprint density at radius 1 is 1.20 bits per heavy atom. The normalized spacial score (nSPS) is 22.2. The molecule has 1 amide bonds. The fourth-order valence-electron chi connectivity index (χ4n) is 4.15. The third-order valence-corrected chi connectivity index (χ3v) is 5.60. The van der Waals surface area contributed by atoms with E-state index in [1.165, 1.54) is 12.8 Å². The van der Waals surface area contributed by atoms with E-state index in [1.807, 2.05) is 18.2 Å². The highest BCUT2D eigenvalue weighted by Gasteiger charge is 2.32. The highest BCUT2D eigenvalue weighted by Crippen LogP contribution is 2.31. The van der Waals surface area contributed by atoms with Gasteiger partial charge in [0.15, 0.2) is 0 Å². The van der Waals surface area contributed by atoms with Gasteiger partial charge in [0.1, 0.15) is 11.5 Å². The van der Waals surface area contributed by atoms with Gasteiger partial charge in [-0.1, -0.05) is 18.9 Å². The van der Waals surface area contributed by atoms with E-state index in [-0.39, 0.29) is 12.0 Å². The molecule has 0 aromatic heterocycles. The molecule has 0 unspecified atom stereocenters. The second kappa shape index (κ2) is 8.09. The maximum absolute atomic E-state index is 12.6. The Morgan fingerprint density at radius 3 is 2.64 bits per heavy atom. The van der Waals surface area contributed by atoms with Gasteiger partial charge in [-0.25, -0.2) is 0 Å². The number of nitrogens with one attached hydrogen (secondary N) is 1. The Hall–Kier alpha value is -1.75. The van der Waals surface area contributed by atoms with Gasteiger partial charge in [0.2, 0.25) is 5.91 Å². The van der Waals surface area contributed by atoms with Gasteiger partial charge < -0.3 is 19.7 Å². The smallest absolute Gasteiger partial charge is 0.225 e. The predicted octanol–water partition coefficient (Wildman–Crippen LogP) is 3.15. The van der Waals surface area contributed by atoms with Crippen LogP contribution in [0.1, 0.15) is 50.6 Å². The van der Waals surface area contributed by atoms with Crippen LogP contribution in [0, 0.1) is 5.92 Å². The average molecular weight is 346 g/mol. The second-order valence-electron chi connectivity index (χ2n) is 7.25. The molecule has 138 valence electrons. The van der Waals surface area contributed by atoms with Gasteiger partial charge in [0.25, 0.3) is 0 Å². The zero-order valence-electron chi connectivity index (χ0n) is 15.6. The van der Waals surface area contributed by atoms with Gasteiger partial charge in [-0.15, -0.1) is 0 Å². The van der Waals surface area contributed by atoms with Crippen molar-refractivity contribution in [3.8, 4) is 11.5 Å². The topological polar surface area (TPSA) is 50.8 Å². The molecule has 1 heterocycles. The lowest BCUT2D eigenvalue weighted by Gasteiger charge is -2.23. The highest BCUT2D eigenvalue weighted by molar-refractivity contribution is 5.79. The Labute approximate surface area is 150 Å². The first-order valence-electron chi connectivity index (χ1n) is 9.39. The monoisotopic (exact) mass is 346 g/mol. The fraction of sp³-hybridized carbons (Fsp3) is 0.650. The van der Waals surface area contributed by atoms with Crippen molar-refractivity contribution >= 4 is 5.91 Å². The molecule has 0 bridgehead atoms. The molecule has 25 heavy (non-hydrogen) atoms. The molecule has 2 atom stereocenters. The van der Waals surface area contributed by atoms with Crippen LogP contribution in [-0.2, 0) is 4.79 Å². The summed E-state index contributed by atoms with van der Waals surface area (Å²) in [7, 11) is 3.34. The fourth-order valence-corrected chi connectivity index (χ4v) is 4.15. The number of likely N-dealkylation sites (tertiary alicyclic amines) is 1. The van der Waals surface area contributed by atoms with Crippen LogP contribution in [0.25, 0.3) is 0 Å². The molecule has 5 heteroatoms. The molecule has 1 aromatic carbocycles. The van der Waals surface area contributed by atoms with Crippen LogP contribution in [0.15, 0.2) is 18.2 Å². The molecule has 1 N–H and O–H groups in total. The van der Waals surface area contributed by atoms with E-state index in [9.17, 15) is 4.79 Å². The van der Waals surface area contributed by atoms with Crippen molar-refractivity contribution in [3.63, 3.8) is 0 Å². The maximum Gasteiger partial charge on any atom is 0.225 e. The van der Waals surface area contributed by atoms with Crippen LogP contribution in [0.2, 0.25) is 0 Å². The molecule has 0 spiro atoms. The number of ether oxygens (including phenoxy) is 2. The summed E-state index contributed by atoms with van der Waals surface area (Å²) >= 11 is 0. The lowest BCUT2D eigenvalue weighted by Crippen LogP contribution is -2.38. The van der Waals surface area contributed by atoms with Crippen LogP contribution in [-0.4, -0.2) is 44.2 Å². The summed E-state index contributed by atoms with van der Waals surface area (Å²) in [5.41, 5.74) is 1.11. The lowest BCUT2D eigenvalue weighted by atomic mass is 10.1. The van der Waals surface area contributed by atoms with E-state index in [4.69, 9.17) is 9.47 Å². The maximum atomic E-state index is 12.6. The van der Waals surface area contributed by atoms with Gasteiger partial charge in [-0.2, -0.15) is 0 Å². The first kappa shape index (κ1) is 18.1. The van der Waals surface area contributed by atoms with Crippen molar-refractivity contribution in [2.24, 2.45) is 5.92 Å². The minimum Gasteiger partial charge on any atom is -0.497 e. The van der Waals surface area contributed by atoms with Crippen LogP contribution < -0.4 is 14.8 Å². The number of hydrogen-bond acceptors (Lipinski definition) is 4. The standard InChI is InChI=1S/C20H30N2O3/c1-14(18-9-8-17(24-2)12-19(18)25-3)21-16-10-11-22(13-16)20(23)15-6-4-5-7-15/h8-9,12,14-16,21H,4-7,10-11,13H2,1-3H3/t14-,16-/m0/s1. The molecule has 1 aromatic rings. The van der Waals surface area contributed by atoms with Crippen molar-refractivity contribution in [2.45, 2.75) is 51.1 Å². The average Bonchev–Trinajstić information content (AvgIpc) is 3.32. The highest BCUT2D eigenvalue weighted by atomic mass is 16.5. The molecule has 2 aliphatic rings. The zero-order valence-corrected chi connectivity index (χ0v) is 15.6. The minimum atomic E-state index is 0.160. The summed E-state index contributed by atoms with van der Waals surface area (Å²) in [6, 6.07) is 6.42. The van der Waals surface area contributed by atoms with Crippen LogP contribution in [0.5, 0.6) is 11.5 Å². The van der Waals surface area contributed by atoms with Crippen LogP contribution >= 0.6 is 0 Å². The van der Waals surface area contributed by atoms with E-state index >= 15 is 0 Å². The first-order valence-corrected chi connectivity index (χ1v) is 9.39. The van der Waals surface area contributed by atoms with Crippen molar-refractivity contribution in [1.29, 1.82) is 0 Å². The summed E-state index contributed by atoms with van der Waals surface area (Å²) in [4.78, 5) is 14.6. The molecule has 5 nitrogen and oxygen atoms in total. The minimum absolute atomic E-state index is 0.160. The molecular formula is C20H30N2O3. The summed E-state index contributed by atoms with van der Waals surface area (Å²) in [6.45, 7) is 3.84. The van der Waals surface area contributed by atoms with Gasteiger partial charge >= 0.3 is 0 Å². The van der Waals surface area contributed by atoms with E-state index in [1.54, 1.807) is 14.2 Å². The third kappa shape index (κ3) is 4.09. The van der Waals surface area contributed by atoms with Crippen molar-refractivity contribution in [1.82, 2.24) is 10.2 Å². The first-order chi connectivity index (χ1) is 12.1. The summed E-state index contributed by atoms with van der Waals surface area (Å²) < 4.78 is 10.8. The lowest BCUT2D eigenvalue weighted by molar-refractivity contribution is -0.134. The molecule has 1 aliphatic heterocycles. The Balaban J connectivity index is 1.58. The molecule has 3 rings (SSSR count). The second-order valence-corrected chi connectivity index (χ2v) is 7.25. The number of nitrogens with zero attached hydrogens (tertiary/aromatic N) is 1. The van der Waals surface area contributed by atoms with Gasteiger partial charge in [-0.05, 0) is 32.3 Å². The van der Waals surface area contributed by atoms with Crippen LogP contribution in [0.3, 0.4) is 0 Å². The zero-order chi connectivity index (χ0) is 17.8. The van der Waals surface area contributed by atoms with E-state index in [0.717, 1.165) is 49.4 Å². The van der Waals surface area contributed by atoms with E-state index in [2.05, 4.69) is 17.1 Å².